The number of halogens is 3. The predicted molar refractivity (Wildman–Crippen MR) is 73.9 cm³/mol. The Kier molecular flexibility index (Phi) is 4.50. The van der Waals surface area contributed by atoms with Gasteiger partial charge in [0, 0.05) is 10.0 Å². The largest absolute Gasteiger partial charge is 0.394 e. The van der Waals surface area contributed by atoms with Gasteiger partial charge in [-0.05, 0) is 30.3 Å². The van der Waals surface area contributed by atoms with Gasteiger partial charge in [-0.1, -0.05) is 28.1 Å². The molecule has 0 heterocycles. The molecule has 2 rings (SSSR count). The summed E-state index contributed by atoms with van der Waals surface area (Å²) in [5.74, 6) is -0.901. The number of nitrogens with one attached hydrogen (secondary N) is 1. The number of aliphatic hydroxyl groups is 1. The molecule has 2 aromatic rings. The molecule has 19 heavy (non-hydrogen) atoms. The summed E-state index contributed by atoms with van der Waals surface area (Å²) in [5.41, 5.74) is 0.501. The second kappa shape index (κ2) is 6.12. The van der Waals surface area contributed by atoms with E-state index in [1.807, 2.05) is 0 Å². The minimum Gasteiger partial charge on any atom is -0.394 e. The van der Waals surface area contributed by atoms with Crippen molar-refractivity contribution in [2.75, 3.05) is 11.9 Å². The van der Waals surface area contributed by atoms with Crippen molar-refractivity contribution in [1.29, 1.82) is 0 Å². The maximum atomic E-state index is 13.7. The number of para-hydroxylation sites is 1. The van der Waals surface area contributed by atoms with Gasteiger partial charge >= 0.3 is 0 Å². The number of aliphatic hydroxyl groups excluding tert-OH is 1. The van der Waals surface area contributed by atoms with Crippen molar-refractivity contribution in [2.45, 2.75) is 6.04 Å². The van der Waals surface area contributed by atoms with E-state index in [0.717, 1.165) is 0 Å². The van der Waals surface area contributed by atoms with Crippen LogP contribution in [0.1, 0.15) is 11.6 Å². The van der Waals surface area contributed by atoms with E-state index in [0.29, 0.717) is 4.47 Å². The molecule has 0 saturated carbocycles. The SMILES string of the molecule is OCC(Nc1ccccc1F)c1cc(Br)ccc1F. The number of benzene rings is 2. The van der Waals surface area contributed by atoms with E-state index in [4.69, 9.17) is 0 Å². The first-order valence-electron chi connectivity index (χ1n) is 5.68. The average Bonchev–Trinajstić information content (AvgIpc) is 2.41. The van der Waals surface area contributed by atoms with E-state index in [2.05, 4.69) is 21.2 Å². The Hall–Kier alpha value is -1.46. The van der Waals surface area contributed by atoms with Crippen LogP contribution in [0.2, 0.25) is 0 Å². The zero-order valence-corrected chi connectivity index (χ0v) is 11.5. The molecule has 0 spiro atoms. The topological polar surface area (TPSA) is 32.3 Å². The van der Waals surface area contributed by atoms with Gasteiger partial charge < -0.3 is 10.4 Å². The molecule has 0 aliphatic rings. The van der Waals surface area contributed by atoms with Crippen LogP contribution in [-0.2, 0) is 0 Å². The Labute approximate surface area is 118 Å². The van der Waals surface area contributed by atoms with Crippen LogP contribution in [-0.4, -0.2) is 11.7 Å². The van der Waals surface area contributed by atoms with Gasteiger partial charge in [0.2, 0.25) is 0 Å². The predicted octanol–water partition coefficient (Wildman–Crippen LogP) is 3.87. The Morgan fingerprint density at radius 1 is 1.11 bits per heavy atom. The number of rotatable bonds is 4. The van der Waals surface area contributed by atoms with Gasteiger partial charge in [0.1, 0.15) is 11.6 Å². The van der Waals surface area contributed by atoms with Crippen molar-refractivity contribution in [1.82, 2.24) is 0 Å². The smallest absolute Gasteiger partial charge is 0.146 e. The zero-order valence-electron chi connectivity index (χ0n) is 9.91. The number of hydrogen-bond donors (Lipinski definition) is 2. The van der Waals surface area contributed by atoms with Gasteiger partial charge in [-0.2, -0.15) is 0 Å². The molecule has 0 fully saturated rings. The molecule has 0 aliphatic heterocycles. The molecule has 5 heteroatoms. The summed E-state index contributed by atoms with van der Waals surface area (Å²) in [6.45, 7) is -0.346. The number of hydrogen-bond acceptors (Lipinski definition) is 2. The second-order valence-corrected chi connectivity index (χ2v) is 4.94. The Balaban J connectivity index is 2.30. The molecule has 1 unspecified atom stereocenters. The molecular weight excluding hydrogens is 316 g/mol. The summed E-state index contributed by atoms with van der Waals surface area (Å²) in [5, 5.41) is 12.2. The highest BCUT2D eigenvalue weighted by molar-refractivity contribution is 9.10. The summed E-state index contributed by atoms with van der Waals surface area (Å²) in [7, 11) is 0. The Bertz CT molecular complexity index is 577. The zero-order chi connectivity index (χ0) is 13.8. The monoisotopic (exact) mass is 327 g/mol. The van der Waals surface area contributed by atoms with Crippen molar-refractivity contribution in [3.05, 3.63) is 64.1 Å². The molecule has 0 saturated heterocycles. The van der Waals surface area contributed by atoms with Crippen LogP contribution in [0.15, 0.2) is 46.9 Å². The highest BCUT2D eigenvalue weighted by Gasteiger charge is 2.16. The van der Waals surface area contributed by atoms with Crippen LogP contribution in [0.25, 0.3) is 0 Å². The van der Waals surface area contributed by atoms with Gasteiger partial charge in [0.05, 0.1) is 18.3 Å². The van der Waals surface area contributed by atoms with Gasteiger partial charge in [-0.3, -0.25) is 0 Å². The standard InChI is InChI=1S/C14H12BrF2NO/c15-9-5-6-11(16)10(7-9)14(8-19)18-13-4-2-1-3-12(13)17/h1-7,14,18-19H,8H2. The Morgan fingerprint density at radius 2 is 1.84 bits per heavy atom. The van der Waals surface area contributed by atoms with Crippen molar-refractivity contribution in [2.24, 2.45) is 0 Å². The fourth-order valence-electron chi connectivity index (χ4n) is 1.77. The van der Waals surface area contributed by atoms with Crippen molar-refractivity contribution < 1.29 is 13.9 Å². The van der Waals surface area contributed by atoms with Crippen molar-refractivity contribution in [3.63, 3.8) is 0 Å². The van der Waals surface area contributed by atoms with Crippen LogP contribution in [0.5, 0.6) is 0 Å². The molecule has 2 aromatic carbocycles. The summed E-state index contributed by atoms with van der Waals surface area (Å²) < 4.78 is 28.0. The molecule has 1 atom stereocenters. The van der Waals surface area contributed by atoms with Gasteiger partial charge in [0.25, 0.3) is 0 Å². The molecule has 0 bridgehead atoms. The molecule has 2 N–H and O–H groups in total. The van der Waals surface area contributed by atoms with E-state index in [-0.39, 0.29) is 17.9 Å². The fourth-order valence-corrected chi connectivity index (χ4v) is 2.15. The van der Waals surface area contributed by atoms with Crippen LogP contribution >= 0.6 is 15.9 Å². The van der Waals surface area contributed by atoms with Crippen molar-refractivity contribution in [3.8, 4) is 0 Å². The first-order chi connectivity index (χ1) is 9.11. The van der Waals surface area contributed by atoms with Gasteiger partial charge in [0.15, 0.2) is 0 Å². The third kappa shape index (κ3) is 3.30. The molecule has 2 nitrogen and oxygen atoms in total. The third-order valence-electron chi connectivity index (χ3n) is 2.72. The quantitative estimate of drug-likeness (QED) is 0.893. The average molecular weight is 328 g/mol. The van der Waals surface area contributed by atoms with Crippen LogP contribution < -0.4 is 5.32 Å². The highest BCUT2D eigenvalue weighted by Crippen LogP contribution is 2.26. The normalized spacial score (nSPS) is 12.2. The maximum absolute atomic E-state index is 13.7. The minimum atomic E-state index is -0.714. The molecule has 0 aliphatic carbocycles. The van der Waals surface area contributed by atoms with E-state index in [1.54, 1.807) is 24.3 Å². The maximum Gasteiger partial charge on any atom is 0.146 e. The Morgan fingerprint density at radius 3 is 2.53 bits per heavy atom. The van der Waals surface area contributed by atoms with Gasteiger partial charge in [-0.15, -0.1) is 0 Å². The van der Waals surface area contributed by atoms with Crippen LogP contribution in [0.3, 0.4) is 0 Å². The molecule has 0 aromatic heterocycles. The van der Waals surface area contributed by atoms with E-state index in [9.17, 15) is 13.9 Å². The summed E-state index contributed by atoms with van der Waals surface area (Å²) in [4.78, 5) is 0. The molecule has 0 radical (unpaired) electrons. The van der Waals surface area contributed by atoms with Crippen LogP contribution in [0, 0.1) is 11.6 Å². The van der Waals surface area contributed by atoms with E-state index in [1.165, 1.54) is 18.2 Å². The minimum absolute atomic E-state index is 0.223. The van der Waals surface area contributed by atoms with Crippen molar-refractivity contribution >= 4 is 21.6 Å². The molecule has 0 amide bonds. The van der Waals surface area contributed by atoms with Gasteiger partial charge in [-0.25, -0.2) is 8.78 Å². The fraction of sp³-hybridized carbons (Fsp3) is 0.143. The first-order valence-corrected chi connectivity index (χ1v) is 6.48. The summed E-state index contributed by atoms with van der Waals surface area (Å²) in [6.07, 6.45) is 0. The first kappa shape index (κ1) is 14.0. The second-order valence-electron chi connectivity index (χ2n) is 4.03. The third-order valence-corrected chi connectivity index (χ3v) is 3.21. The lowest BCUT2D eigenvalue weighted by atomic mass is 10.1. The highest BCUT2D eigenvalue weighted by atomic mass is 79.9. The lowest BCUT2D eigenvalue weighted by Crippen LogP contribution is -2.17. The lowest BCUT2D eigenvalue weighted by molar-refractivity contribution is 0.273. The van der Waals surface area contributed by atoms with E-state index >= 15 is 0 Å². The summed E-state index contributed by atoms with van der Waals surface area (Å²) >= 11 is 3.24. The van der Waals surface area contributed by atoms with Crippen LogP contribution in [0.4, 0.5) is 14.5 Å². The summed E-state index contributed by atoms with van der Waals surface area (Å²) in [6, 6.07) is 9.77. The number of anilines is 1. The van der Waals surface area contributed by atoms with E-state index < -0.39 is 17.7 Å². The molecular formula is C14H12BrF2NO. The lowest BCUT2D eigenvalue weighted by Gasteiger charge is -2.19. The molecule has 100 valence electrons.